The van der Waals surface area contributed by atoms with Crippen molar-refractivity contribution in [2.75, 3.05) is 11.5 Å². The molecular formula is C8H10Cl2N4O. The topological polar surface area (TPSA) is 97.8 Å². The van der Waals surface area contributed by atoms with E-state index < -0.39 is 0 Å². The third-order valence-corrected chi connectivity index (χ3v) is 1.79. The number of nitrogen functional groups attached to an aromatic ring is 2. The number of aromatic nitrogens is 2. The maximum absolute atomic E-state index is 11.3. The van der Waals surface area contributed by atoms with Crippen molar-refractivity contribution in [2.45, 2.75) is 0 Å². The highest BCUT2D eigenvalue weighted by atomic mass is 35.5. The first-order chi connectivity index (χ1) is 6.18. The van der Waals surface area contributed by atoms with Crippen LogP contribution >= 0.6 is 24.8 Å². The summed E-state index contributed by atoms with van der Waals surface area (Å²) in [6.45, 7) is 0. The summed E-state index contributed by atoms with van der Waals surface area (Å²) < 4.78 is 0. The summed E-state index contributed by atoms with van der Waals surface area (Å²) in [4.78, 5) is 17.6. The number of anilines is 2. The SMILES string of the molecule is Cl.Cl.Nc1nc2c(N)cccc2c(=O)[nH]1. The van der Waals surface area contributed by atoms with Crippen molar-refractivity contribution in [1.82, 2.24) is 9.97 Å². The van der Waals surface area contributed by atoms with Gasteiger partial charge in [0.1, 0.15) is 5.52 Å². The Labute approximate surface area is 97.7 Å². The standard InChI is InChI=1S/C8H8N4O.2ClH/c9-5-3-1-2-4-6(5)11-8(10)12-7(4)13;;/h1-3H,9H2,(H3,10,11,12,13);2*1H. The van der Waals surface area contributed by atoms with Crippen molar-refractivity contribution in [3.63, 3.8) is 0 Å². The second kappa shape index (κ2) is 4.86. The van der Waals surface area contributed by atoms with Crippen molar-refractivity contribution >= 4 is 47.4 Å². The van der Waals surface area contributed by atoms with Gasteiger partial charge in [0.25, 0.3) is 5.56 Å². The molecule has 0 aliphatic heterocycles. The molecule has 5 N–H and O–H groups in total. The number of nitrogens with zero attached hydrogens (tertiary/aromatic N) is 1. The van der Waals surface area contributed by atoms with Crippen LogP contribution in [-0.4, -0.2) is 9.97 Å². The van der Waals surface area contributed by atoms with Crippen LogP contribution in [0, 0.1) is 0 Å². The van der Waals surface area contributed by atoms with Gasteiger partial charge in [-0.1, -0.05) is 6.07 Å². The van der Waals surface area contributed by atoms with Gasteiger partial charge in [-0.3, -0.25) is 9.78 Å². The molecule has 1 aromatic heterocycles. The molecule has 0 aliphatic carbocycles. The molecule has 1 heterocycles. The summed E-state index contributed by atoms with van der Waals surface area (Å²) in [5.74, 6) is 0.0791. The van der Waals surface area contributed by atoms with Crippen molar-refractivity contribution in [1.29, 1.82) is 0 Å². The fraction of sp³-hybridized carbons (Fsp3) is 0. The number of fused-ring (bicyclic) bond motifs is 1. The third-order valence-electron chi connectivity index (χ3n) is 1.79. The van der Waals surface area contributed by atoms with E-state index in [1.807, 2.05) is 0 Å². The average Bonchev–Trinajstić information content (AvgIpc) is 2.07. The van der Waals surface area contributed by atoms with E-state index in [1.165, 1.54) is 0 Å². The molecule has 1 aromatic carbocycles. The lowest BCUT2D eigenvalue weighted by Crippen LogP contribution is -2.11. The zero-order chi connectivity index (χ0) is 9.42. The summed E-state index contributed by atoms with van der Waals surface area (Å²) in [6, 6.07) is 5.02. The van der Waals surface area contributed by atoms with Gasteiger partial charge in [0.2, 0.25) is 5.95 Å². The highest BCUT2D eigenvalue weighted by Gasteiger charge is 2.03. The van der Waals surface area contributed by atoms with Gasteiger partial charge in [0.15, 0.2) is 0 Å². The Morgan fingerprint density at radius 1 is 1.20 bits per heavy atom. The minimum atomic E-state index is -0.269. The molecule has 0 saturated heterocycles. The summed E-state index contributed by atoms with van der Waals surface area (Å²) in [6.07, 6.45) is 0. The van der Waals surface area contributed by atoms with Crippen LogP contribution < -0.4 is 17.0 Å². The minimum Gasteiger partial charge on any atom is -0.397 e. The number of hydrogen-bond donors (Lipinski definition) is 3. The molecule has 2 rings (SSSR count). The molecule has 7 heteroatoms. The molecule has 0 amide bonds. The largest absolute Gasteiger partial charge is 0.397 e. The summed E-state index contributed by atoms with van der Waals surface area (Å²) >= 11 is 0. The molecule has 15 heavy (non-hydrogen) atoms. The van der Waals surface area contributed by atoms with Crippen LogP contribution in [0.5, 0.6) is 0 Å². The predicted molar refractivity (Wildman–Crippen MR) is 65.7 cm³/mol. The monoisotopic (exact) mass is 248 g/mol. The second-order valence-electron chi connectivity index (χ2n) is 2.69. The Morgan fingerprint density at radius 2 is 1.87 bits per heavy atom. The van der Waals surface area contributed by atoms with E-state index in [0.717, 1.165) is 0 Å². The maximum Gasteiger partial charge on any atom is 0.260 e. The quantitative estimate of drug-likeness (QED) is 0.605. The number of halogens is 2. The lowest BCUT2D eigenvalue weighted by molar-refractivity contribution is 1.19. The van der Waals surface area contributed by atoms with E-state index in [9.17, 15) is 4.79 Å². The number of rotatable bonds is 0. The summed E-state index contributed by atoms with van der Waals surface area (Å²) in [5.41, 5.74) is 11.6. The lowest BCUT2D eigenvalue weighted by atomic mass is 10.2. The normalized spacial score (nSPS) is 9.07. The van der Waals surface area contributed by atoms with Gasteiger partial charge in [0, 0.05) is 0 Å². The van der Waals surface area contributed by atoms with Crippen LogP contribution in [0.2, 0.25) is 0 Å². The van der Waals surface area contributed by atoms with Crippen LogP contribution in [0.1, 0.15) is 0 Å². The lowest BCUT2D eigenvalue weighted by Gasteiger charge is -2.00. The number of hydrogen-bond acceptors (Lipinski definition) is 4. The maximum atomic E-state index is 11.3. The van der Waals surface area contributed by atoms with Gasteiger partial charge < -0.3 is 11.5 Å². The van der Waals surface area contributed by atoms with Gasteiger partial charge in [-0.05, 0) is 12.1 Å². The zero-order valence-electron chi connectivity index (χ0n) is 7.56. The van der Waals surface area contributed by atoms with Crippen LogP contribution in [0.25, 0.3) is 10.9 Å². The number of para-hydroxylation sites is 1. The fourth-order valence-electron chi connectivity index (χ4n) is 1.20. The Hall–Kier alpha value is -1.46. The molecule has 0 unspecified atom stereocenters. The smallest absolute Gasteiger partial charge is 0.260 e. The van der Waals surface area contributed by atoms with Gasteiger partial charge in [0.05, 0.1) is 11.1 Å². The Balaban J connectivity index is 0.000000980. The van der Waals surface area contributed by atoms with Crippen molar-refractivity contribution < 1.29 is 0 Å². The summed E-state index contributed by atoms with van der Waals surface area (Å²) in [7, 11) is 0. The van der Waals surface area contributed by atoms with E-state index in [0.29, 0.717) is 16.6 Å². The Kier molecular flexibility index (Phi) is 4.39. The van der Waals surface area contributed by atoms with Crippen molar-refractivity contribution in [2.24, 2.45) is 0 Å². The van der Waals surface area contributed by atoms with Gasteiger partial charge in [-0.25, -0.2) is 4.98 Å². The van der Waals surface area contributed by atoms with Crippen LogP contribution in [0.4, 0.5) is 11.6 Å². The summed E-state index contributed by atoms with van der Waals surface area (Å²) in [5, 5.41) is 0.453. The first-order valence-corrected chi connectivity index (χ1v) is 3.72. The van der Waals surface area contributed by atoms with E-state index >= 15 is 0 Å². The highest BCUT2D eigenvalue weighted by Crippen LogP contribution is 2.14. The molecule has 0 aliphatic rings. The number of nitrogens with two attached hydrogens (primary N) is 2. The van der Waals surface area contributed by atoms with Gasteiger partial charge in [-0.2, -0.15) is 0 Å². The van der Waals surface area contributed by atoms with Crippen molar-refractivity contribution in [3.8, 4) is 0 Å². The minimum absolute atomic E-state index is 0. The number of nitrogens with one attached hydrogen (secondary N) is 1. The average molecular weight is 249 g/mol. The first-order valence-electron chi connectivity index (χ1n) is 3.72. The molecule has 0 spiro atoms. The van der Waals surface area contributed by atoms with Gasteiger partial charge in [-0.15, -0.1) is 24.8 Å². The third kappa shape index (κ3) is 2.31. The van der Waals surface area contributed by atoms with E-state index in [2.05, 4.69) is 9.97 Å². The van der Waals surface area contributed by atoms with E-state index in [-0.39, 0.29) is 36.3 Å². The highest BCUT2D eigenvalue weighted by molar-refractivity contribution is 5.88. The molecule has 0 bridgehead atoms. The Bertz CT molecular complexity index is 526. The predicted octanol–water partition coefficient (Wildman–Crippen LogP) is 0.931. The molecule has 0 atom stereocenters. The molecule has 0 fully saturated rings. The van der Waals surface area contributed by atoms with E-state index in [1.54, 1.807) is 18.2 Å². The zero-order valence-corrected chi connectivity index (χ0v) is 9.19. The van der Waals surface area contributed by atoms with Crippen molar-refractivity contribution in [3.05, 3.63) is 28.6 Å². The molecular weight excluding hydrogens is 239 g/mol. The van der Waals surface area contributed by atoms with Crippen LogP contribution in [0.15, 0.2) is 23.0 Å². The number of aromatic amines is 1. The fourth-order valence-corrected chi connectivity index (χ4v) is 1.20. The molecule has 82 valence electrons. The molecule has 5 nitrogen and oxygen atoms in total. The number of benzene rings is 1. The van der Waals surface area contributed by atoms with Crippen LogP contribution in [0.3, 0.4) is 0 Å². The molecule has 2 aromatic rings. The Morgan fingerprint density at radius 3 is 2.53 bits per heavy atom. The van der Waals surface area contributed by atoms with Crippen LogP contribution in [-0.2, 0) is 0 Å². The second-order valence-corrected chi connectivity index (χ2v) is 2.69. The van der Waals surface area contributed by atoms with Gasteiger partial charge >= 0.3 is 0 Å². The first kappa shape index (κ1) is 13.5. The molecule has 0 saturated carbocycles. The molecule has 0 radical (unpaired) electrons. The number of H-pyrrole nitrogens is 1. The van der Waals surface area contributed by atoms with E-state index in [4.69, 9.17) is 11.5 Å².